The average Bonchev–Trinajstić information content (AvgIpc) is 2.97. The van der Waals surface area contributed by atoms with Crippen molar-refractivity contribution in [3.63, 3.8) is 0 Å². The van der Waals surface area contributed by atoms with Crippen molar-refractivity contribution in [1.29, 1.82) is 0 Å². The summed E-state index contributed by atoms with van der Waals surface area (Å²) in [6.45, 7) is 7.26. The number of benzene rings is 1. The van der Waals surface area contributed by atoms with Gasteiger partial charge in [-0.05, 0) is 49.9 Å². The van der Waals surface area contributed by atoms with Crippen LogP contribution >= 0.6 is 12.4 Å². The largest absolute Gasteiger partial charge is 0.504 e. The van der Waals surface area contributed by atoms with E-state index in [4.69, 9.17) is 0 Å². The zero-order chi connectivity index (χ0) is 18.0. The Morgan fingerprint density at radius 2 is 2.04 bits per heavy atom. The molecule has 1 aliphatic heterocycles. The van der Waals surface area contributed by atoms with Crippen LogP contribution in [0.5, 0.6) is 5.75 Å². The fraction of sp³-hybridized carbons (Fsp3) is 0.474. The van der Waals surface area contributed by atoms with Crippen LogP contribution in [0.2, 0.25) is 0 Å². The summed E-state index contributed by atoms with van der Waals surface area (Å²) in [5.74, 6) is 0.0235. The zero-order valence-corrected chi connectivity index (χ0v) is 16.2. The van der Waals surface area contributed by atoms with Crippen molar-refractivity contribution >= 4 is 18.3 Å². The van der Waals surface area contributed by atoms with Crippen molar-refractivity contribution in [2.75, 3.05) is 6.54 Å². The van der Waals surface area contributed by atoms with E-state index in [2.05, 4.69) is 36.5 Å². The maximum absolute atomic E-state index is 12.5. The van der Waals surface area contributed by atoms with Gasteiger partial charge >= 0.3 is 0 Å². The lowest BCUT2D eigenvalue weighted by molar-refractivity contribution is 0.0917. The number of nitrogens with one attached hydrogen (secondary N) is 2. The molecular weight excluding hydrogens is 352 g/mol. The second-order valence-corrected chi connectivity index (χ2v) is 7.10. The van der Waals surface area contributed by atoms with Crippen LogP contribution in [0.25, 0.3) is 5.69 Å². The van der Waals surface area contributed by atoms with Crippen LogP contribution in [0, 0.1) is 0 Å². The van der Waals surface area contributed by atoms with E-state index >= 15 is 0 Å². The monoisotopic (exact) mass is 378 g/mol. The van der Waals surface area contributed by atoms with Crippen molar-refractivity contribution in [1.82, 2.24) is 20.4 Å². The molecule has 1 aliphatic rings. The van der Waals surface area contributed by atoms with E-state index in [0.29, 0.717) is 12.0 Å². The third kappa shape index (κ3) is 4.56. The number of aromatic hydroxyl groups is 1. The molecule has 2 aromatic rings. The summed E-state index contributed by atoms with van der Waals surface area (Å²) in [7, 11) is 0. The maximum Gasteiger partial charge on any atom is 0.275 e. The summed E-state index contributed by atoms with van der Waals surface area (Å²) in [4.78, 5) is 12.5. The minimum absolute atomic E-state index is 0. The molecule has 0 radical (unpaired) electrons. The molecule has 0 aliphatic carbocycles. The first-order valence-electron chi connectivity index (χ1n) is 8.87. The number of amides is 1. The lowest BCUT2D eigenvalue weighted by Crippen LogP contribution is -2.46. The van der Waals surface area contributed by atoms with Crippen LogP contribution in [0.15, 0.2) is 30.5 Å². The van der Waals surface area contributed by atoms with E-state index in [1.807, 2.05) is 24.3 Å². The number of halogens is 1. The molecule has 0 bridgehead atoms. The van der Waals surface area contributed by atoms with E-state index in [-0.39, 0.29) is 35.8 Å². The van der Waals surface area contributed by atoms with Crippen LogP contribution in [-0.2, 0) is 0 Å². The minimum Gasteiger partial charge on any atom is -0.504 e. The van der Waals surface area contributed by atoms with E-state index in [1.165, 1.54) is 11.8 Å². The smallest absolute Gasteiger partial charge is 0.275 e. The van der Waals surface area contributed by atoms with Gasteiger partial charge in [0.25, 0.3) is 5.91 Å². The first-order chi connectivity index (χ1) is 11.9. The van der Waals surface area contributed by atoms with Gasteiger partial charge in [-0.15, -0.1) is 12.4 Å². The molecule has 0 spiro atoms. The molecule has 142 valence electrons. The van der Waals surface area contributed by atoms with Crippen molar-refractivity contribution in [3.8, 4) is 11.4 Å². The summed E-state index contributed by atoms with van der Waals surface area (Å²) in [5, 5.41) is 20.7. The highest BCUT2D eigenvalue weighted by atomic mass is 35.5. The molecule has 26 heavy (non-hydrogen) atoms. The van der Waals surface area contributed by atoms with Gasteiger partial charge in [0.05, 0.1) is 11.9 Å². The Kier molecular flexibility index (Phi) is 6.67. The number of rotatable bonds is 4. The highest BCUT2D eigenvalue weighted by Gasteiger charge is 2.23. The van der Waals surface area contributed by atoms with E-state index in [0.717, 1.165) is 25.1 Å². The fourth-order valence-corrected chi connectivity index (χ4v) is 3.19. The molecule has 3 rings (SSSR count). The molecule has 1 aromatic heterocycles. The third-order valence-corrected chi connectivity index (χ3v) is 4.69. The molecule has 3 N–H and O–H groups in total. The fourth-order valence-electron chi connectivity index (χ4n) is 3.19. The van der Waals surface area contributed by atoms with Crippen molar-refractivity contribution in [2.24, 2.45) is 0 Å². The SMILES string of the molecule is CC1CC(NC(=O)c2nn(-c3ccc(C(C)C)cc3)cc2O)CCN1.Cl. The van der Waals surface area contributed by atoms with Crippen molar-refractivity contribution in [3.05, 3.63) is 41.7 Å². The van der Waals surface area contributed by atoms with Gasteiger partial charge in [0.2, 0.25) is 0 Å². The predicted molar refractivity (Wildman–Crippen MR) is 105 cm³/mol. The van der Waals surface area contributed by atoms with Gasteiger partial charge in [-0.25, -0.2) is 4.68 Å². The molecule has 1 saturated heterocycles. The molecule has 7 heteroatoms. The number of carbonyl (C=O) groups is 1. The Balaban J connectivity index is 0.00000243. The van der Waals surface area contributed by atoms with Crippen LogP contribution in [-0.4, -0.2) is 39.4 Å². The number of aromatic nitrogens is 2. The highest BCUT2D eigenvalue weighted by Crippen LogP contribution is 2.21. The minimum atomic E-state index is -0.325. The van der Waals surface area contributed by atoms with Gasteiger partial charge < -0.3 is 15.7 Å². The first kappa shape index (κ1) is 20.3. The van der Waals surface area contributed by atoms with Crippen molar-refractivity contribution < 1.29 is 9.90 Å². The summed E-state index contributed by atoms with van der Waals surface area (Å²) in [6.07, 6.45) is 3.24. The summed E-state index contributed by atoms with van der Waals surface area (Å²) < 4.78 is 1.54. The van der Waals surface area contributed by atoms with Crippen LogP contribution < -0.4 is 10.6 Å². The van der Waals surface area contributed by atoms with Crippen LogP contribution in [0.1, 0.15) is 55.6 Å². The van der Waals surface area contributed by atoms with Gasteiger partial charge in [0, 0.05) is 12.1 Å². The molecule has 1 aromatic carbocycles. The number of piperidine rings is 1. The van der Waals surface area contributed by atoms with E-state index in [1.54, 1.807) is 4.68 Å². The average molecular weight is 379 g/mol. The Hall–Kier alpha value is -2.05. The third-order valence-electron chi connectivity index (χ3n) is 4.69. The predicted octanol–water partition coefficient (Wildman–Crippen LogP) is 2.99. The quantitative estimate of drug-likeness (QED) is 0.764. The normalized spacial score (nSPS) is 19.8. The second kappa shape index (κ2) is 8.56. The summed E-state index contributed by atoms with van der Waals surface area (Å²) in [5.41, 5.74) is 2.12. The van der Waals surface area contributed by atoms with Gasteiger partial charge in [-0.2, -0.15) is 5.10 Å². The Morgan fingerprint density at radius 1 is 1.35 bits per heavy atom. The van der Waals surface area contributed by atoms with Gasteiger partial charge in [-0.3, -0.25) is 4.79 Å². The van der Waals surface area contributed by atoms with Gasteiger partial charge in [0.1, 0.15) is 0 Å². The molecule has 2 unspecified atom stereocenters. The first-order valence-corrected chi connectivity index (χ1v) is 8.87. The number of nitrogens with zero attached hydrogens (tertiary/aromatic N) is 2. The molecular formula is C19H27ClN4O2. The standard InChI is InChI=1S/C19H26N4O2.ClH/c1-12(2)14-4-6-16(7-5-14)23-11-17(24)18(22-23)19(25)21-15-8-9-20-13(3)10-15;/h4-7,11-13,15,20,24H,8-10H2,1-3H3,(H,21,25);1H. The lowest BCUT2D eigenvalue weighted by atomic mass is 10.0. The van der Waals surface area contributed by atoms with Crippen LogP contribution in [0.4, 0.5) is 0 Å². The molecule has 2 heterocycles. The second-order valence-electron chi connectivity index (χ2n) is 7.10. The highest BCUT2D eigenvalue weighted by molar-refractivity contribution is 5.95. The van der Waals surface area contributed by atoms with Gasteiger partial charge in [-0.1, -0.05) is 26.0 Å². The maximum atomic E-state index is 12.5. The number of hydrogen-bond acceptors (Lipinski definition) is 4. The van der Waals surface area contributed by atoms with E-state index in [9.17, 15) is 9.90 Å². The van der Waals surface area contributed by atoms with Crippen LogP contribution in [0.3, 0.4) is 0 Å². The zero-order valence-electron chi connectivity index (χ0n) is 15.4. The Bertz CT molecular complexity index is 742. The summed E-state index contributed by atoms with van der Waals surface area (Å²) in [6, 6.07) is 8.45. The van der Waals surface area contributed by atoms with E-state index < -0.39 is 0 Å². The molecule has 2 atom stereocenters. The molecule has 1 amide bonds. The molecule has 0 saturated carbocycles. The lowest BCUT2D eigenvalue weighted by Gasteiger charge is -2.28. The number of hydrogen-bond donors (Lipinski definition) is 3. The van der Waals surface area contributed by atoms with Gasteiger partial charge in [0.15, 0.2) is 11.4 Å². The Morgan fingerprint density at radius 3 is 2.65 bits per heavy atom. The molecule has 1 fully saturated rings. The molecule has 6 nitrogen and oxygen atoms in total. The van der Waals surface area contributed by atoms with Crippen molar-refractivity contribution in [2.45, 2.75) is 51.6 Å². The topological polar surface area (TPSA) is 79.2 Å². The number of carbonyl (C=O) groups excluding carboxylic acids is 1. The summed E-state index contributed by atoms with van der Waals surface area (Å²) >= 11 is 0. The Labute approximate surface area is 160 Å².